The summed E-state index contributed by atoms with van der Waals surface area (Å²) in [5.41, 5.74) is 2.99. The molecule has 1 fully saturated rings. The van der Waals surface area contributed by atoms with Gasteiger partial charge < -0.3 is 10.6 Å². The molecule has 0 aliphatic carbocycles. The van der Waals surface area contributed by atoms with Crippen LogP contribution >= 0.6 is 0 Å². The van der Waals surface area contributed by atoms with Crippen LogP contribution in [0.3, 0.4) is 0 Å². The van der Waals surface area contributed by atoms with Gasteiger partial charge in [-0.3, -0.25) is 4.90 Å². The van der Waals surface area contributed by atoms with Crippen molar-refractivity contribution in [3.8, 4) is 0 Å². The molecule has 2 aromatic rings. The van der Waals surface area contributed by atoms with Crippen molar-refractivity contribution in [1.82, 2.24) is 10.2 Å². The van der Waals surface area contributed by atoms with Crippen LogP contribution in [0, 0.1) is 5.82 Å². The molecule has 2 bridgehead atoms. The fourth-order valence-corrected chi connectivity index (χ4v) is 4.18. The molecule has 2 aliphatic heterocycles. The highest BCUT2D eigenvalue weighted by Crippen LogP contribution is 2.40. The molecule has 0 aromatic heterocycles. The molecule has 25 heavy (non-hydrogen) atoms. The number of anilines is 1. The molecule has 4 nitrogen and oxygen atoms in total. The van der Waals surface area contributed by atoms with Crippen molar-refractivity contribution in [3.05, 3.63) is 65.5 Å². The Morgan fingerprint density at radius 1 is 1.12 bits per heavy atom. The first kappa shape index (κ1) is 16.1. The van der Waals surface area contributed by atoms with Crippen LogP contribution < -0.4 is 10.6 Å². The van der Waals surface area contributed by atoms with Gasteiger partial charge in [-0.05, 0) is 49.6 Å². The third-order valence-electron chi connectivity index (χ3n) is 5.46. The molecular formula is C20H22FN3O. The SMILES string of the molecule is CN1[C@@H]2Cc3ccccc3[C@H]1C[C@@H](NC(=O)Nc1ccccc1F)C2. The second-order valence-corrected chi connectivity index (χ2v) is 6.98. The third-order valence-corrected chi connectivity index (χ3v) is 5.46. The molecule has 0 unspecified atom stereocenters. The van der Waals surface area contributed by atoms with Crippen molar-refractivity contribution >= 4 is 11.7 Å². The van der Waals surface area contributed by atoms with Gasteiger partial charge in [0, 0.05) is 18.1 Å². The predicted octanol–water partition coefficient (Wildman–Crippen LogP) is 3.71. The number of para-hydroxylation sites is 1. The highest BCUT2D eigenvalue weighted by molar-refractivity contribution is 5.89. The fraction of sp³-hybridized carbons (Fsp3) is 0.350. The van der Waals surface area contributed by atoms with Crippen LogP contribution in [0.4, 0.5) is 14.9 Å². The van der Waals surface area contributed by atoms with Crippen molar-refractivity contribution in [2.45, 2.75) is 37.4 Å². The van der Waals surface area contributed by atoms with E-state index in [9.17, 15) is 9.18 Å². The van der Waals surface area contributed by atoms with Crippen LogP contribution in [-0.2, 0) is 6.42 Å². The monoisotopic (exact) mass is 339 g/mol. The van der Waals surface area contributed by atoms with E-state index in [1.807, 2.05) is 0 Å². The maximum atomic E-state index is 13.7. The number of likely N-dealkylation sites (N-methyl/N-ethyl adjacent to an activating group) is 1. The Kier molecular flexibility index (Phi) is 4.17. The maximum absolute atomic E-state index is 13.7. The van der Waals surface area contributed by atoms with Crippen molar-refractivity contribution in [2.75, 3.05) is 12.4 Å². The smallest absolute Gasteiger partial charge is 0.319 e. The van der Waals surface area contributed by atoms with Crippen molar-refractivity contribution in [3.63, 3.8) is 0 Å². The highest BCUT2D eigenvalue weighted by atomic mass is 19.1. The summed E-state index contributed by atoms with van der Waals surface area (Å²) in [6, 6.07) is 15.3. The van der Waals surface area contributed by atoms with Gasteiger partial charge in [0.15, 0.2) is 0 Å². The number of carbonyl (C=O) groups is 1. The molecule has 0 saturated carbocycles. The zero-order valence-electron chi connectivity index (χ0n) is 14.2. The molecule has 130 valence electrons. The van der Waals surface area contributed by atoms with E-state index in [-0.39, 0.29) is 17.8 Å². The zero-order valence-corrected chi connectivity index (χ0v) is 14.2. The van der Waals surface area contributed by atoms with Crippen LogP contribution in [0.25, 0.3) is 0 Å². The lowest BCUT2D eigenvalue weighted by atomic mass is 9.78. The lowest BCUT2D eigenvalue weighted by molar-refractivity contribution is 0.0807. The topological polar surface area (TPSA) is 44.4 Å². The Balaban J connectivity index is 1.45. The van der Waals surface area contributed by atoms with Crippen molar-refractivity contribution in [1.29, 1.82) is 0 Å². The Labute approximate surface area is 147 Å². The molecule has 3 atom stereocenters. The van der Waals surface area contributed by atoms with Crippen molar-refractivity contribution < 1.29 is 9.18 Å². The summed E-state index contributed by atoms with van der Waals surface area (Å²) in [5.74, 6) is -0.424. The van der Waals surface area contributed by atoms with Crippen LogP contribution in [-0.4, -0.2) is 30.1 Å². The Morgan fingerprint density at radius 3 is 2.72 bits per heavy atom. The maximum Gasteiger partial charge on any atom is 0.319 e. The molecule has 2 N–H and O–H groups in total. The lowest BCUT2D eigenvalue weighted by Gasteiger charge is -2.48. The molecule has 4 rings (SSSR count). The summed E-state index contributed by atoms with van der Waals surface area (Å²) in [6.45, 7) is 0. The number of rotatable bonds is 2. The standard InChI is InChI=1S/C20H22FN3O/c1-24-15-10-13-6-2-3-7-16(13)19(24)12-14(11-15)22-20(25)23-18-9-5-4-8-17(18)21/h2-9,14-15,19H,10-12H2,1H3,(H2,22,23,25)/t14-,15+,19+/m0/s1. The van der Waals surface area contributed by atoms with Crippen molar-refractivity contribution in [2.24, 2.45) is 0 Å². The van der Waals surface area contributed by atoms with Crippen LogP contribution in [0.5, 0.6) is 0 Å². The fourth-order valence-electron chi connectivity index (χ4n) is 4.18. The van der Waals surface area contributed by atoms with Gasteiger partial charge >= 0.3 is 6.03 Å². The number of piperidine rings is 1. The minimum Gasteiger partial charge on any atom is -0.335 e. The first-order valence-electron chi connectivity index (χ1n) is 8.73. The van der Waals surface area contributed by atoms with Gasteiger partial charge in [0.05, 0.1) is 5.69 Å². The first-order chi connectivity index (χ1) is 12.1. The summed E-state index contributed by atoms with van der Waals surface area (Å²) in [7, 11) is 2.17. The molecule has 2 heterocycles. The van der Waals surface area contributed by atoms with E-state index in [1.165, 1.54) is 17.2 Å². The van der Waals surface area contributed by atoms with Crippen LogP contribution in [0.1, 0.15) is 30.0 Å². The van der Waals surface area contributed by atoms with E-state index in [0.717, 1.165) is 19.3 Å². The molecule has 2 amide bonds. The number of nitrogens with zero attached hydrogens (tertiary/aromatic N) is 1. The van der Waals surface area contributed by atoms with E-state index in [1.54, 1.807) is 18.2 Å². The predicted molar refractivity (Wildman–Crippen MR) is 96.0 cm³/mol. The normalized spacial score (nSPS) is 25.1. The average Bonchev–Trinajstić information content (AvgIpc) is 2.58. The second-order valence-electron chi connectivity index (χ2n) is 6.98. The number of urea groups is 1. The number of hydrogen-bond donors (Lipinski definition) is 2. The quantitative estimate of drug-likeness (QED) is 0.876. The summed E-state index contributed by atoms with van der Waals surface area (Å²) in [5, 5.41) is 5.65. The number of hydrogen-bond acceptors (Lipinski definition) is 2. The zero-order chi connectivity index (χ0) is 17.4. The van der Waals surface area contributed by atoms with Crippen LogP contribution in [0.2, 0.25) is 0 Å². The van der Waals surface area contributed by atoms with E-state index in [2.05, 4.69) is 46.8 Å². The van der Waals surface area contributed by atoms with Gasteiger partial charge in [0.1, 0.15) is 5.82 Å². The van der Waals surface area contributed by atoms with E-state index in [4.69, 9.17) is 0 Å². The highest BCUT2D eigenvalue weighted by Gasteiger charge is 2.39. The van der Waals surface area contributed by atoms with E-state index >= 15 is 0 Å². The molecule has 0 spiro atoms. The molecule has 2 aliphatic rings. The van der Waals surface area contributed by atoms with Crippen LogP contribution in [0.15, 0.2) is 48.5 Å². The summed E-state index contributed by atoms with van der Waals surface area (Å²) < 4.78 is 13.7. The number of benzene rings is 2. The summed E-state index contributed by atoms with van der Waals surface area (Å²) in [4.78, 5) is 14.7. The van der Waals surface area contributed by atoms with E-state index in [0.29, 0.717) is 12.1 Å². The van der Waals surface area contributed by atoms with E-state index < -0.39 is 5.82 Å². The lowest BCUT2D eigenvalue weighted by Crippen LogP contribution is -2.53. The van der Waals surface area contributed by atoms with Gasteiger partial charge in [0.2, 0.25) is 0 Å². The third kappa shape index (κ3) is 3.12. The number of fused-ring (bicyclic) bond motifs is 4. The van der Waals surface area contributed by atoms with Gasteiger partial charge in [-0.1, -0.05) is 36.4 Å². The summed E-state index contributed by atoms with van der Waals surface area (Å²) >= 11 is 0. The molecule has 2 aromatic carbocycles. The Morgan fingerprint density at radius 2 is 1.88 bits per heavy atom. The minimum atomic E-state index is -0.424. The molecule has 0 radical (unpaired) electrons. The molecule has 5 heteroatoms. The Bertz CT molecular complexity index is 794. The average molecular weight is 339 g/mol. The summed E-state index contributed by atoms with van der Waals surface area (Å²) in [6.07, 6.45) is 2.79. The second kappa shape index (κ2) is 6.48. The number of nitrogens with one attached hydrogen (secondary N) is 2. The Hall–Kier alpha value is -2.40. The molecular weight excluding hydrogens is 317 g/mol. The number of amides is 2. The minimum absolute atomic E-state index is 0.0892. The van der Waals surface area contributed by atoms with Gasteiger partial charge in [0.25, 0.3) is 0 Å². The number of halogens is 1. The van der Waals surface area contributed by atoms with Gasteiger partial charge in [-0.25, -0.2) is 9.18 Å². The first-order valence-corrected chi connectivity index (χ1v) is 8.73. The largest absolute Gasteiger partial charge is 0.335 e. The van der Waals surface area contributed by atoms with Gasteiger partial charge in [-0.2, -0.15) is 0 Å². The molecule has 1 saturated heterocycles. The van der Waals surface area contributed by atoms with Gasteiger partial charge in [-0.15, -0.1) is 0 Å². The number of carbonyl (C=O) groups excluding carboxylic acids is 1.